The third-order valence-corrected chi connectivity index (χ3v) is 5.01. The van der Waals surface area contributed by atoms with Gasteiger partial charge < -0.3 is 9.30 Å². The highest BCUT2D eigenvalue weighted by Gasteiger charge is 2.12. The molecule has 0 atom stereocenters. The molecule has 0 aliphatic rings. The molecule has 0 radical (unpaired) electrons. The van der Waals surface area contributed by atoms with Gasteiger partial charge in [0.25, 0.3) is 0 Å². The normalized spacial score (nSPS) is 11.2. The van der Waals surface area contributed by atoms with E-state index in [0.29, 0.717) is 5.88 Å². The Labute approximate surface area is 134 Å². The lowest BCUT2D eigenvalue weighted by molar-refractivity contribution is 0.415. The summed E-state index contributed by atoms with van der Waals surface area (Å²) in [6.07, 6.45) is 0. The van der Waals surface area contributed by atoms with Crippen molar-refractivity contribution in [1.82, 2.24) is 9.55 Å². The van der Waals surface area contributed by atoms with Crippen LogP contribution in [0.15, 0.2) is 34.1 Å². The van der Waals surface area contributed by atoms with E-state index in [-0.39, 0.29) is 0 Å². The average molecular weight is 372 g/mol. The minimum Gasteiger partial charge on any atom is -0.497 e. The SMILES string of the molecule is COc1ccc2nc(CCl)n(Cc3cc(Br)cs3)c2c1. The number of hydrogen-bond acceptors (Lipinski definition) is 3. The fourth-order valence-electron chi connectivity index (χ4n) is 2.15. The molecule has 0 unspecified atom stereocenters. The topological polar surface area (TPSA) is 27.1 Å². The van der Waals surface area contributed by atoms with Gasteiger partial charge in [0, 0.05) is 20.8 Å². The van der Waals surface area contributed by atoms with Crippen LogP contribution in [0, 0.1) is 0 Å². The highest BCUT2D eigenvalue weighted by atomic mass is 79.9. The van der Waals surface area contributed by atoms with E-state index in [2.05, 4.69) is 36.9 Å². The average Bonchev–Trinajstić information content (AvgIpc) is 3.03. The van der Waals surface area contributed by atoms with Crippen molar-refractivity contribution in [3.63, 3.8) is 0 Å². The second-order valence-electron chi connectivity index (χ2n) is 4.33. The molecule has 0 fully saturated rings. The van der Waals surface area contributed by atoms with Crippen molar-refractivity contribution < 1.29 is 4.74 Å². The molecule has 1 aromatic carbocycles. The van der Waals surface area contributed by atoms with Crippen molar-refractivity contribution in [3.05, 3.63) is 44.8 Å². The quantitative estimate of drug-likeness (QED) is 0.624. The van der Waals surface area contributed by atoms with E-state index in [1.165, 1.54) is 4.88 Å². The van der Waals surface area contributed by atoms with Gasteiger partial charge in [-0.2, -0.15) is 0 Å². The monoisotopic (exact) mass is 370 g/mol. The van der Waals surface area contributed by atoms with E-state index in [9.17, 15) is 0 Å². The summed E-state index contributed by atoms with van der Waals surface area (Å²) in [6, 6.07) is 8.00. The summed E-state index contributed by atoms with van der Waals surface area (Å²) < 4.78 is 8.54. The standard InChI is InChI=1S/C14H12BrClN2OS/c1-19-10-2-3-12-13(5-10)18(14(6-16)17-12)7-11-4-9(15)8-20-11/h2-5,8H,6-7H2,1H3. The number of halogens is 2. The van der Waals surface area contributed by atoms with Gasteiger partial charge in [-0.1, -0.05) is 0 Å². The zero-order valence-corrected chi connectivity index (χ0v) is 13.9. The van der Waals surface area contributed by atoms with Crippen LogP contribution >= 0.6 is 38.9 Å². The number of methoxy groups -OCH3 is 1. The highest BCUT2D eigenvalue weighted by molar-refractivity contribution is 9.10. The van der Waals surface area contributed by atoms with Gasteiger partial charge in [-0.05, 0) is 34.1 Å². The van der Waals surface area contributed by atoms with Crippen LogP contribution in [0.4, 0.5) is 0 Å². The molecular weight excluding hydrogens is 360 g/mol. The maximum atomic E-state index is 6.03. The maximum Gasteiger partial charge on any atom is 0.125 e. The number of imidazole rings is 1. The molecule has 104 valence electrons. The number of aromatic nitrogens is 2. The summed E-state index contributed by atoms with van der Waals surface area (Å²) in [7, 11) is 1.67. The Balaban J connectivity index is 2.10. The first-order valence-corrected chi connectivity index (χ1v) is 8.24. The Morgan fingerprint density at radius 3 is 2.90 bits per heavy atom. The number of nitrogens with zero attached hydrogens (tertiary/aromatic N) is 2. The lowest BCUT2D eigenvalue weighted by Gasteiger charge is -2.07. The summed E-state index contributed by atoms with van der Waals surface area (Å²) in [6.45, 7) is 0.766. The summed E-state index contributed by atoms with van der Waals surface area (Å²) in [4.78, 5) is 5.83. The Hall–Kier alpha value is -1.04. The molecule has 0 aliphatic heterocycles. The number of fused-ring (bicyclic) bond motifs is 1. The predicted molar refractivity (Wildman–Crippen MR) is 87.0 cm³/mol. The fraction of sp³-hybridized carbons (Fsp3) is 0.214. The molecule has 3 rings (SSSR count). The lowest BCUT2D eigenvalue weighted by atomic mass is 10.3. The lowest BCUT2D eigenvalue weighted by Crippen LogP contribution is -2.02. The van der Waals surface area contributed by atoms with Gasteiger partial charge in [-0.15, -0.1) is 22.9 Å². The van der Waals surface area contributed by atoms with Gasteiger partial charge in [0.15, 0.2) is 0 Å². The minimum absolute atomic E-state index is 0.392. The second kappa shape index (κ2) is 5.76. The third-order valence-electron chi connectivity index (χ3n) is 3.09. The number of hydrogen-bond donors (Lipinski definition) is 0. The van der Waals surface area contributed by atoms with Crippen molar-refractivity contribution in [2.45, 2.75) is 12.4 Å². The number of rotatable bonds is 4. The van der Waals surface area contributed by atoms with E-state index in [1.54, 1.807) is 18.4 Å². The zero-order valence-electron chi connectivity index (χ0n) is 10.8. The smallest absolute Gasteiger partial charge is 0.125 e. The Morgan fingerprint density at radius 1 is 1.40 bits per heavy atom. The van der Waals surface area contributed by atoms with Crippen LogP contribution < -0.4 is 4.74 Å². The molecule has 0 spiro atoms. The molecule has 20 heavy (non-hydrogen) atoms. The molecule has 3 nitrogen and oxygen atoms in total. The van der Waals surface area contributed by atoms with Crippen LogP contribution in [0.25, 0.3) is 11.0 Å². The van der Waals surface area contributed by atoms with E-state index in [0.717, 1.165) is 33.6 Å². The largest absolute Gasteiger partial charge is 0.497 e. The molecule has 0 saturated carbocycles. The van der Waals surface area contributed by atoms with Crippen LogP contribution in [0.1, 0.15) is 10.7 Å². The van der Waals surface area contributed by atoms with Crippen molar-refractivity contribution in [2.24, 2.45) is 0 Å². The fourth-order valence-corrected chi connectivity index (χ4v) is 3.79. The van der Waals surface area contributed by atoms with Gasteiger partial charge in [0.2, 0.25) is 0 Å². The molecule has 2 aromatic heterocycles. The van der Waals surface area contributed by atoms with Crippen molar-refractivity contribution in [3.8, 4) is 5.75 Å². The van der Waals surface area contributed by atoms with Crippen molar-refractivity contribution in [1.29, 1.82) is 0 Å². The number of thiophene rings is 1. The van der Waals surface area contributed by atoms with Crippen molar-refractivity contribution in [2.75, 3.05) is 7.11 Å². The first-order valence-electron chi connectivity index (χ1n) is 6.03. The van der Waals surface area contributed by atoms with Crippen LogP contribution in [0.2, 0.25) is 0 Å². The second-order valence-corrected chi connectivity index (χ2v) is 6.51. The number of alkyl halides is 1. The molecule has 6 heteroatoms. The Bertz CT molecular complexity index is 753. The molecule has 0 amide bonds. The van der Waals surface area contributed by atoms with E-state index in [1.807, 2.05) is 18.2 Å². The summed E-state index contributed by atoms with van der Waals surface area (Å²) in [5.41, 5.74) is 1.99. The van der Waals surface area contributed by atoms with Gasteiger partial charge in [-0.25, -0.2) is 4.98 Å². The predicted octanol–water partition coefficient (Wildman–Crippen LogP) is 4.66. The molecule has 0 aliphatic carbocycles. The molecule has 3 aromatic rings. The Morgan fingerprint density at radius 2 is 2.25 bits per heavy atom. The zero-order chi connectivity index (χ0) is 14.1. The highest BCUT2D eigenvalue weighted by Crippen LogP contribution is 2.26. The van der Waals surface area contributed by atoms with Crippen LogP contribution in [0.5, 0.6) is 5.75 Å². The van der Waals surface area contributed by atoms with E-state index >= 15 is 0 Å². The van der Waals surface area contributed by atoms with Gasteiger partial charge >= 0.3 is 0 Å². The number of ether oxygens (including phenoxy) is 1. The molecular formula is C14H12BrClN2OS. The van der Waals surface area contributed by atoms with Gasteiger partial charge in [-0.3, -0.25) is 0 Å². The third kappa shape index (κ3) is 2.57. The van der Waals surface area contributed by atoms with Crippen LogP contribution in [-0.4, -0.2) is 16.7 Å². The Kier molecular flexibility index (Phi) is 4.01. The van der Waals surface area contributed by atoms with E-state index in [4.69, 9.17) is 16.3 Å². The van der Waals surface area contributed by atoms with E-state index < -0.39 is 0 Å². The van der Waals surface area contributed by atoms with Gasteiger partial charge in [0.1, 0.15) is 11.6 Å². The number of benzene rings is 1. The molecule has 0 bridgehead atoms. The van der Waals surface area contributed by atoms with Crippen molar-refractivity contribution >= 4 is 49.9 Å². The summed E-state index contributed by atoms with van der Waals surface area (Å²) >= 11 is 11.2. The minimum atomic E-state index is 0.392. The molecule has 0 saturated heterocycles. The van der Waals surface area contributed by atoms with Crippen LogP contribution in [-0.2, 0) is 12.4 Å². The van der Waals surface area contributed by atoms with Crippen LogP contribution in [0.3, 0.4) is 0 Å². The molecule has 2 heterocycles. The first-order chi connectivity index (χ1) is 9.71. The first kappa shape index (κ1) is 13.9. The molecule has 0 N–H and O–H groups in total. The summed E-state index contributed by atoms with van der Waals surface area (Å²) in [5, 5.41) is 2.08. The summed E-state index contributed by atoms with van der Waals surface area (Å²) in [5.74, 6) is 2.09. The van der Waals surface area contributed by atoms with Gasteiger partial charge in [0.05, 0.1) is 30.6 Å². The maximum absolute atomic E-state index is 6.03.